The third kappa shape index (κ3) is 4.37. The topological polar surface area (TPSA) is 9.23 Å². The zero-order valence-electron chi connectivity index (χ0n) is 11.4. The third-order valence-corrected chi connectivity index (χ3v) is 3.27. The molecule has 1 nitrogen and oxygen atoms in total. The molecular formula is C16H13ClF4O. The van der Waals surface area contributed by atoms with Crippen molar-refractivity contribution >= 4 is 11.6 Å². The van der Waals surface area contributed by atoms with Crippen LogP contribution in [0.1, 0.15) is 23.7 Å². The van der Waals surface area contributed by atoms with Crippen LogP contribution >= 0.6 is 11.6 Å². The molecule has 0 heterocycles. The van der Waals surface area contributed by atoms with E-state index in [1.54, 1.807) is 12.1 Å². The van der Waals surface area contributed by atoms with Crippen LogP contribution in [-0.4, -0.2) is 5.88 Å². The maximum atomic E-state index is 13.3. The minimum Gasteiger partial charge on any atom is -0.486 e. The predicted octanol–water partition coefficient (Wildman–Crippen LogP) is 5.59. The lowest BCUT2D eigenvalue weighted by Gasteiger charge is -2.19. The monoisotopic (exact) mass is 332 g/mol. The SMILES string of the molecule is Fc1cccc(C(CCCl)Oc2ccc(C(F)(F)F)cc2)c1. The summed E-state index contributed by atoms with van der Waals surface area (Å²) in [6.07, 6.45) is -4.51. The zero-order valence-corrected chi connectivity index (χ0v) is 12.2. The Labute approximate surface area is 130 Å². The lowest BCUT2D eigenvalue weighted by molar-refractivity contribution is -0.137. The van der Waals surface area contributed by atoms with Crippen molar-refractivity contribution in [2.45, 2.75) is 18.7 Å². The van der Waals surface area contributed by atoms with Crippen molar-refractivity contribution < 1.29 is 22.3 Å². The Hall–Kier alpha value is -1.75. The van der Waals surface area contributed by atoms with Crippen LogP contribution in [0.4, 0.5) is 17.6 Å². The summed E-state index contributed by atoms with van der Waals surface area (Å²) >= 11 is 5.71. The van der Waals surface area contributed by atoms with Gasteiger partial charge >= 0.3 is 6.18 Å². The molecule has 0 spiro atoms. The molecule has 0 radical (unpaired) electrons. The first-order valence-electron chi connectivity index (χ1n) is 6.55. The third-order valence-electron chi connectivity index (χ3n) is 3.05. The standard InChI is InChI=1S/C16H13ClF4O/c17-9-8-15(11-2-1-3-13(18)10-11)22-14-6-4-12(5-7-14)16(19,20)21/h1-7,10,15H,8-9H2. The van der Waals surface area contributed by atoms with Gasteiger partial charge in [0.15, 0.2) is 0 Å². The van der Waals surface area contributed by atoms with Gasteiger partial charge in [-0.1, -0.05) is 12.1 Å². The van der Waals surface area contributed by atoms with E-state index in [1.807, 2.05) is 0 Å². The van der Waals surface area contributed by atoms with Gasteiger partial charge in [0.1, 0.15) is 17.7 Å². The van der Waals surface area contributed by atoms with Crippen molar-refractivity contribution in [3.05, 3.63) is 65.5 Å². The highest BCUT2D eigenvalue weighted by Crippen LogP contribution is 2.32. The van der Waals surface area contributed by atoms with Crippen LogP contribution in [0, 0.1) is 5.82 Å². The second-order valence-corrected chi connectivity index (χ2v) is 5.04. The second kappa shape index (κ2) is 7.01. The van der Waals surface area contributed by atoms with E-state index in [0.29, 0.717) is 12.0 Å². The maximum Gasteiger partial charge on any atom is 0.416 e. The fourth-order valence-corrected chi connectivity index (χ4v) is 2.18. The van der Waals surface area contributed by atoms with Gasteiger partial charge in [-0.2, -0.15) is 13.2 Å². The molecule has 2 aromatic rings. The average molecular weight is 333 g/mol. The highest BCUT2D eigenvalue weighted by molar-refractivity contribution is 6.17. The van der Waals surface area contributed by atoms with Crippen LogP contribution in [0.25, 0.3) is 0 Å². The molecule has 1 atom stereocenters. The van der Waals surface area contributed by atoms with Crippen molar-refractivity contribution in [1.82, 2.24) is 0 Å². The molecule has 0 amide bonds. The summed E-state index contributed by atoms with van der Waals surface area (Å²) in [5.74, 6) is 0.141. The lowest BCUT2D eigenvalue weighted by Crippen LogP contribution is -2.09. The number of ether oxygens (including phenoxy) is 1. The number of hydrogen-bond acceptors (Lipinski definition) is 1. The minimum atomic E-state index is -4.39. The van der Waals surface area contributed by atoms with E-state index < -0.39 is 23.7 Å². The molecule has 2 rings (SSSR count). The van der Waals surface area contributed by atoms with Gasteiger partial charge in [0.05, 0.1) is 5.56 Å². The minimum absolute atomic E-state index is 0.271. The second-order valence-electron chi connectivity index (χ2n) is 4.66. The van der Waals surface area contributed by atoms with Crippen molar-refractivity contribution in [2.75, 3.05) is 5.88 Å². The van der Waals surface area contributed by atoms with Crippen molar-refractivity contribution in [3.8, 4) is 5.75 Å². The lowest BCUT2D eigenvalue weighted by atomic mass is 10.1. The number of alkyl halides is 4. The van der Waals surface area contributed by atoms with Crippen LogP contribution in [-0.2, 0) is 6.18 Å². The van der Waals surface area contributed by atoms with Crippen molar-refractivity contribution in [2.24, 2.45) is 0 Å². The van der Waals surface area contributed by atoms with E-state index in [0.717, 1.165) is 12.1 Å². The summed E-state index contributed by atoms with van der Waals surface area (Å²) in [6.45, 7) is 0. The summed E-state index contributed by atoms with van der Waals surface area (Å²) < 4.78 is 56.5. The summed E-state index contributed by atoms with van der Waals surface area (Å²) in [6, 6.07) is 10.2. The van der Waals surface area contributed by atoms with E-state index in [2.05, 4.69) is 0 Å². The van der Waals surface area contributed by atoms with E-state index in [-0.39, 0.29) is 11.6 Å². The van der Waals surface area contributed by atoms with Crippen molar-refractivity contribution in [1.29, 1.82) is 0 Å². The van der Waals surface area contributed by atoms with Crippen LogP contribution in [0.5, 0.6) is 5.75 Å². The molecule has 2 aromatic carbocycles. The molecule has 0 bridgehead atoms. The Morgan fingerprint density at radius 1 is 1.05 bits per heavy atom. The quantitative estimate of drug-likeness (QED) is 0.512. The molecule has 0 aliphatic rings. The first-order chi connectivity index (χ1) is 10.4. The van der Waals surface area contributed by atoms with Gasteiger partial charge in [0.2, 0.25) is 0 Å². The highest BCUT2D eigenvalue weighted by atomic mass is 35.5. The molecule has 0 aliphatic carbocycles. The Kier molecular flexibility index (Phi) is 5.29. The fourth-order valence-electron chi connectivity index (χ4n) is 1.99. The Balaban J connectivity index is 2.18. The van der Waals surface area contributed by atoms with Crippen molar-refractivity contribution in [3.63, 3.8) is 0 Å². The van der Waals surface area contributed by atoms with Gasteiger partial charge < -0.3 is 4.74 Å². The molecule has 0 saturated carbocycles. The maximum absolute atomic E-state index is 13.3. The molecule has 0 aliphatic heterocycles. The van der Waals surface area contributed by atoms with Gasteiger partial charge in [-0.3, -0.25) is 0 Å². The Morgan fingerprint density at radius 2 is 1.73 bits per heavy atom. The van der Waals surface area contributed by atoms with E-state index >= 15 is 0 Å². The van der Waals surface area contributed by atoms with Gasteiger partial charge in [-0.25, -0.2) is 4.39 Å². The van der Waals surface area contributed by atoms with Gasteiger partial charge in [0.25, 0.3) is 0 Å². The first-order valence-corrected chi connectivity index (χ1v) is 7.09. The molecule has 0 saturated heterocycles. The van der Waals surface area contributed by atoms with Crippen LogP contribution in [0.3, 0.4) is 0 Å². The summed E-state index contributed by atoms with van der Waals surface area (Å²) in [5.41, 5.74) is -0.167. The molecular weight excluding hydrogens is 320 g/mol. The van der Waals surface area contributed by atoms with E-state index in [4.69, 9.17) is 16.3 Å². The molecule has 6 heteroatoms. The fraction of sp³-hybridized carbons (Fsp3) is 0.250. The number of hydrogen-bond donors (Lipinski definition) is 0. The van der Waals surface area contributed by atoms with Gasteiger partial charge in [-0.15, -0.1) is 11.6 Å². The molecule has 0 fully saturated rings. The molecule has 0 aromatic heterocycles. The van der Waals surface area contributed by atoms with E-state index in [9.17, 15) is 17.6 Å². The molecule has 22 heavy (non-hydrogen) atoms. The number of rotatable bonds is 5. The van der Waals surface area contributed by atoms with Crippen LogP contribution in [0.2, 0.25) is 0 Å². The molecule has 118 valence electrons. The normalized spacial score (nSPS) is 13.0. The highest BCUT2D eigenvalue weighted by Gasteiger charge is 2.30. The first kappa shape index (κ1) is 16.6. The predicted molar refractivity (Wildman–Crippen MR) is 76.6 cm³/mol. The van der Waals surface area contributed by atoms with Gasteiger partial charge in [-0.05, 0) is 42.0 Å². The zero-order chi connectivity index (χ0) is 16.2. The van der Waals surface area contributed by atoms with E-state index in [1.165, 1.54) is 24.3 Å². The largest absolute Gasteiger partial charge is 0.486 e. The Morgan fingerprint density at radius 3 is 2.27 bits per heavy atom. The average Bonchev–Trinajstić information content (AvgIpc) is 2.46. The number of halogens is 5. The molecule has 1 unspecified atom stereocenters. The van der Waals surface area contributed by atoms with Gasteiger partial charge in [0, 0.05) is 12.3 Å². The summed E-state index contributed by atoms with van der Waals surface area (Å²) in [4.78, 5) is 0. The number of benzene rings is 2. The Bertz CT molecular complexity index is 610. The summed E-state index contributed by atoms with van der Waals surface area (Å²) in [7, 11) is 0. The molecule has 0 N–H and O–H groups in total. The van der Waals surface area contributed by atoms with Crippen LogP contribution < -0.4 is 4.74 Å². The smallest absolute Gasteiger partial charge is 0.416 e. The summed E-state index contributed by atoms with van der Waals surface area (Å²) in [5, 5.41) is 0. The van der Waals surface area contributed by atoms with Crippen LogP contribution in [0.15, 0.2) is 48.5 Å².